The lowest BCUT2D eigenvalue weighted by Crippen LogP contribution is -2.16. The highest BCUT2D eigenvalue weighted by Crippen LogP contribution is 2.49. The van der Waals surface area contributed by atoms with Crippen LogP contribution in [0.15, 0.2) is 41.9 Å². The van der Waals surface area contributed by atoms with Crippen LogP contribution in [-0.4, -0.2) is 11.5 Å². The van der Waals surface area contributed by atoms with Gasteiger partial charge in [-0.25, -0.2) is 4.39 Å². The molecule has 3 aromatic rings. The third kappa shape index (κ3) is 2.61. The Morgan fingerprint density at radius 1 is 1.33 bits per heavy atom. The first-order valence-corrected chi connectivity index (χ1v) is 8.19. The standard InChI is InChI=1S/C17H17FN2S/c18-12-3-4-17-15(7-12)16(10-20-17)14-6-11(14)8-19-9-13-2-1-5-21-13/h1-5,7,10-11,14,19-20H,6,8-9H2/t11-,14+/m0/s1. The van der Waals surface area contributed by atoms with Crippen LogP contribution in [0.3, 0.4) is 0 Å². The van der Waals surface area contributed by atoms with Crippen molar-refractivity contribution in [1.82, 2.24) is 10.3 Å². The first-order valence-electron chi connectivity index (χ1n) is 7.31. The zero-order valence-corrected chi connectivity index (χ0v) is 12.4. The number of aromatic nitrogens is 1. The molecule has 108 valence electrons. The number of halogens is 1. The third-order valence-electron chi connectivity index (χ3n) is 4.28. The highest BCUT2D eigenvalue weighted by Gasteiger charge is 2.39. The molecule has 2 atom stereocenters. The molecule has 4 rings (SSSR count). The summed E-state index contributed by atoms with van der Waals surface area (Å²) in [4.78, 5) is 4.63. The van der Waals surface area contributed by atoms with Crippen molar-refractivity contribution in [3.63, 3.8) is 0 Å². The minimum Gasteiger partial charge on any atom is -0.361 e. The monoisotopic (exact) mass is 300 g/mol. The molecule has 2 N–H and O–H groups in total. The Morgan fingerprint density at radius 2 is 2.29 bits per heavy atom. The molecular formula is C17H17FN2S. The molecule has 0 spiro atoms. The molecule has 0 amide bonds. The molecule has 2 heterocycles. The highest BCUT2D eigenvalue weighted by molar-refractivity contribution is 7.09. The Balaban J connectivity index is 1.40. The summed E-state index contributed by atoms with van der Waals surface area (Å²) in [5, 5.41) is 6.68. The average molecular weight is 300 g/mol. The van der Waals surface area contributed by atoms with Gasteiger partial charge in [-0.2, -0.15) is 0 Å². The molecule has 4 heteroatoms. The van der Waals surface area contributed by atoms with Crippen LogP contribution in [0.5, 0.6) is 0 Å². The van der Waals surface area contributed by atoms with E-state index in [1.54, 1.807) is 17.4 Å². The van der Waals surface area contributed by atoms with Crippen LogP contribution < -0.4 is 5.32 Å². The van der Waals surface area contributed by atoms with Crippen LogP contribution in [0.4, 0.5) is 4.39 Å². The van der Waals surface area contributed by atoms with Crippen LogP contribution >= 0.6 is 11.3 Å². The van der Waals surface area contributed by atoms with E-state index < -0.39 is 0 Å². The van der Waals surface area contributed by atoms with Gasteiger partial charge in [-0.15, -0.1) is 11.3 Å². The summed E-state index contributed by atoms with van der Waals surface area (Å²) in [6, 6.07) is 9.22. The molecule has 0 aliphatic heterocycles. The van der Waals surface area contributed by atoms with Crippen molar-refractivity contribution in [2.75, 3.05) is 6.54 Å². The Morgan fingerprint density at radius 3 is 3.14 bits per heavy atom. The first-order chi connectivity index (χ1) is 10.3. The largest absolute Gasteiger partial charge is 0.361 e. The van der Waals surface area contributed by atoms with Crippen molar-refractivity contribution in [1.29, 1.82) is 0 Å². The third-order valence-corrected chi connectivity index (χ3v) is 5.16. The Hall–Kier alpha value is -1.65. The van der Waals surface area contributed by atoms with Crippen molar-refractivity contribution < 1.29 is 4.39 Å². The first kappa shape index (κ1) is 13.0. The summed E-state index contributed by atoms with van der Waals surface area (Å²) in [6.07, 6.45) is 3.24. The van der Waals surface area contributed by atoms with Gasteiger partial charge in [0.25, 0.3) is 0 Å². The smallest absolute Gasteiger partial charge is 0.123 e. The molecule has 1 aliphatic carbocycles. The molecule has 2 nitrogen and oxygen atoms in total. The molecule has 1 saturated carbocycles. The van der Waals surface area contributed by atoms with Crippen LogP contribution in [0.25, 0.3) is 10.9 Å². The van der Waals surface area contributed by atoms with Gasteiger partial charge in [0.15, 0.2) is 0 Å². The number of hydrogen-bond acceptors (Lipinski definition) is 2. The van der Waals surface area contributed by atoms with Gasteiger partial charge in [0.2, 0.25) is 0 Å². The van der Waals surface area contributed by atoms with Gasteiger partial charge in [0.1, 0.15) is 5.82 Å². The molecule has 1 aliphatic rings. The van der Waals surface area contributed by atoms with Gasteiger partial charge in [0, 0.05) is 28.5 Å². The number of hydrogen-bond donors (Lipinski definition) is 2. The van der Waals surface area contributed by atoms with E-state index in [2.05, 4.69) is 27.8 Å². The lowest BCUT2D eigenvalue weighted by atomic mass is 10.1. The average Bonchev–Trinajstić information content (AvgIpc) is 2.89. The lowest BCUT2D eigenvalue weighted by Gasteiger charge is -2.02. The summed E-state index contributed by atoms with van der Waals surface area (Å²) < 4.78 is 13.4. The molecule has 1 fully saturated rings. The summed E-state index contributed by atoms with van der Waals surface area (Å²) >= 11 is 1.79. The minimum absolute atomic E-state index is 0.156. The van der Waals surface area contributed by atoms with E-state index >= 15 is 0 Å². The van der Waals surface area contributed by atoms with Gasteiger partial charge in [-0.05, 0) is 60.0 Å². The number of rotatable bonds is 5. The Labute approximate surface area is 127 Å². The molecule has 2 aromatic heterocycles. The van der Waals surface area contributed by atoms with Gasteiger partial charge in [-0.3, -0.25) is 0 Å². The Kier molecular flexibility index (Phi) is 3.28. The van der Waals surface area contributed by atoms with Crippen LogP contribution in [-0.2, 0) is 6.54 Å². The number of thiophene rings is 1. The van der Waals surface area contributed by atoms with E-state index in [-0.39, 0.29) is 5.82 Å². The predicted molar refractivity (Wildman–Crippen MR) is 85.1 cm³/mol. The van der Waals surface area contributed by atoms with Gasteiger partial charge in [-0.1, -0.05) is 6.07 Å². The normalized spacial score (nSPS) is 21.0. The second-order valence-corrected chi connectivity index (χ2v) is 6.78. The minimum atomic E-state index is -0.156. The second-order valence-electron chi connectivity index (χ2n) is 5.75. The lowest BCUT2D eigenvalue weighted by molar-refractivity contribution is 0.628. The van der Waals surface area contributed by atoms with E-state index in [1.807, 2.05) is 12.3 Å². The maximum Gasteiger partial charge on any atom is 0.123 e. The van der Waals surface area contributed by atoms with E-state index in [1.165, 1.54) is 22.9 Å². The fraction of sp³-hybridized carbons (Fsp3) is 0.294. The van der Waals surface area contributed by atoms with Crippen molar-refractivity contribution in [2.45, 2.75) is 18.9 Å². The quantitative estimate of drug-likeness (QED) is 0.724. The number of benzene rings is 1. The molecule has 21 heavy (non-hydrogen) atoms. The summed E-state index contributed by atoms with van der Waals surface area (Å²) in [5.41, 5.74) is 2.30. The molecule has 0 radical (unpaired) electrons. The van der Waals surface area contributed by atoms with Crippen LogP contribution in [0, 0.1) is 11.7 Å². The number of H-pyrrole nitrogens is 1. The fourth-order valence-electron chi connectivity index (χ4n) is 3.07. The number of aromatic amines is 1. The van der Waals surface area contributed by atoms with Gasteiger partial charge < -0.3 is 10.3 Å². The topological polar surface area (TPSA) is 27.8 Å². The van der Waals surface area contributed by atoms with Crippen molar-refractivity contribution in [2.24, 2.45) is 5.92 Å². The maximum atomic E-state index is 13.4. The molecule has 1 aromatic carbocycles. The highest BCUT2D eigenvalue weighted by atomic mass is 32.1. The fourth-order valence-corrected chi connectivity index (χ4v) is 3.74. The number of fused-ring (bicyclic) bond motifs is 1. The van der Waals surface area contributed by atoms with Crippen molar-refractivity contribution >= 4 is 22.2 Å². The van der Waals surface area contributed by atoms with Gasteiger partial charge >= 0.3 is 0 Å². The van der Waals surface area contributed by atoms with Crippen molar-refractivity contribution in [3.05, 3.63) is 58.2 Å². The SMILES string of the molecule is Fc1ccc2[nH]cc([C@@H]3C[C@H]3CNCc3cccs3)c2c1. The number of nitrogens with one attached hydrogen (secondary N) is 2. The summed E-state index contributed by atoms with van der Waals surface area (Å²) in [7, 11) is 0. The van der Waals surface area contributed by atoms with E-state index in [0.717, 1.165) is 24.0 Å². The summed E-state index contributed by atoms with van der Waals surface area (Å²) in [6.45, 7) is 1.98. The molecule has 0 unspecified atom stereocenters. The predicted octanol–water partition coefficient (Wildman–Crippen LogP) is 4.26. The zero-order valence-electron chi connectivity index (χ0n) is 11.6. The van der Waals surface area contributed by atoms with Crippen LogP contribution in [0.1, 0.15) is 22.8 Å². The van der Waals surface area contributed by atoms with Crippen molar-refractivity contribution in [3.8, 4) is 0 Å². The van der Waals surface area contributed by atoms with E-state index in [0.29, 0.717) is 11.8 Å². The van der Waals surface area contributed by atoms with E-state index in [4.69, 9.17) is 0 Å². The molecule has 0 bridgehead atoms. The second kappa shape index (κ2) is 5.28. The summed E-state index contributed by atoms with van der Waals surface area (Å²) in [5.74, 6) is 1.08. The molecular weight excluding hydrogens is 283 g/mol. The van der Waals surface area contributed by atoms with Crippen LogP contribution in [0.2, 0.25) is 0 Å². The maximum absolute atomic E-state index is 13.4. The van der Waals surface area contributed by atoms with Gasteiger partial charge in [0.05, 0.1) is 0 Å². The molecule has 0 saturated heterocycles. The zero-order chi connectivity index (χ0) is 14.2. The Bertz CT molecular complexity index is 747. The van der Waals surface area contributed by atoms with E-state index in [9.17, 15) is 4.39 Å².